The molecule has 0 aliphatic carbocycles. The fraction of sp³-hybridized carbons (Fsp3) is 0.235. The maximum atomic E-state index is 5.19. The van der Waals surface area contributed by atoms with E-state index in [1.54, 1.807) is 7.11 Å². The van der Waals surface area contributed by atoms with Crippen LogP contribution in [0.4, 0.5) is 5.69 Å². The highest BCUT2D eigenvalue weighted by Crippen LogP contribution is 2.18. The standard InChI is InChI=1S/C17H20N2O/c1-13-6-5-7-15(12-13)18-17(19(2)3)14-8-10-16(20-4)11-9-14/h5-12H,1-4H3. The van der Waals surface area contributed by atoms with Crippen LogP contribution in [-0.2, 0) is 0 Å². The van der Waals surface area contributed by atoms with Crippen LogP contribution in [0.25, 0.3) is 0 Å². The van der Waals surface area contributed by atoms with Crippen molar-refractivity contribution < 1.29 is 4.74 Å². The normalized spacial score (nSPS) is 11.3. The van der Waals surface area contributed by atoms with E-state index in [0.717, 1.165) is 22.8 Å². The van der Waals surface area contributed by atoms with E-state index in [1.807, 2.05) is 55.4 Å². The molecule has 0 aliphatic heterocycles. The number of hydrogen-bond donors (Lipinski definition) is 0. The molecule has 0 spiro atoms. The van der Waals surface area contributed by atoms with Crippen LogP contribution in [0.1, 0.15) is 11.1 Å². The van der Waals surface area contributed by atoms with Gasteiger partial charge in [0.2, 0.25) is 0 Å². The van der Waals surface area contributed by atoms with Crippen LogP contribution in [0, 0.1) is 6.92 Å². The molecule has 104 valence electrons. The Morgan fingerprint density at radius 2 is 1.75 bits per heavy atom. The van der Waals surface area contributed by atoms with Crippen molar-refractivity contribution in [3.8, 4) is 5.75 Å². The maximum absolute atomic E-state index is 5.19. The Hall–Kier alpha value is -2.29. The fourth-order valence-corrected chi connectivity index (χ4v) is 1.98. The number of hydrogen-bond acceptors (Lipinski definition) is 2. The van der Waals surface area contributed by atoms with Crippen molar-refractivity contribution in [2.45, 2.75) is 6.92 Å². The van der Waals surface area contributed by atoms with E-state index in [-0.39, 0.29) is 0 Å². The Morgan fingerprint density at radius 1 is 1.05 bits per heavy atom. The second kappa shape index (κ2) is 6.24. The molecule has 2 aromatic rings. The second-order valence-corrected chi connectivity index (χ2v) is 4.90. The van der Waals surface area contributed by atoms with Gasteiger partial charge in [-0.3, -0.25) is 0 Å². The van der Waals surface area contributed by atoms with Gasteiger partial charge in [-0.15, -0.1) is 0 Å². The molecule has 0 amide bonds. The Bertz CT molecular complexity index is 601. The highest BCUT2D eigenvalue weighted by atomic mass is 16.5. The van der Waals surface area contributed by atoms with E-state index in [0.29, 0.717) is 0 Å². The zero-order valence-electron chi connectivity index (χ0n) is 12.4. The SMILES string of the molecule is COc1ccc(C(=Nc2cccc(C)c2)N(C)C)cc1. The number of nitrogens with zero attached hydrogens (tertiary/aromatic N) is 2. The highest BCUT2D eigenvalue weighted by Gasteiger charge is 2.06. The van der Waals surface area contributed by atoms with Gasteiger partial charge < -0.3 is 9.64 Å². The van der Waals surface area contributed by atoms with E-state index in [9.17, 15) is 0 Å². The van der Waals surface area contributed by atoms with Crippen molar-refractivity contribution >= 4 is 11.5 Å². The van der Waals surface area contributed by atoms with Crippen molar-refractivity contribution in [3.63, 3.8) is 0 Å². The van der Waals surface area contributed by atoms with Crippen molar-refractivity contribution in [2.24, 2.45) is 4.99 Å². The fourth-order valence-electron chi connectivity index (χ4n) is 1.98. The molecular formula is C17H20N2O. The summed E-state index contributed by atoms with van der Waals surface area (Å²) in [6.07, 6.45) is 0. The molecule has 0 radical (unpaired) electrons. The molecule has 2 rings (SSSR count). The van der Waals surface area contributed by atoms with Gasteiger partial charge in [0.25, 0.3) is 0 Å². The summed E-state index contributed by atoms with van der Waals surface area (Å²) in [6, 6.07) is 16.1. The smallest absolute Gasteiger partial charge is 0.136 e. The molecule has 20 heavy (non-hydrogen) atoms. The summed E-state index contributed by atoms with van der Waals surface area (Å²) >= 11 is 0. The summed E-state index contributed by atoms with van der Waals surface area (Å²) in [5.41, 5.74) is 3.24. The summed E-state index contributed by atoms with van der Waals surface area (Å²) < 4.78 is 5.19. The number of ether oxygens (including phenoxy) is 1. The molecule has 0 bridgehead atoms. The monoisotopic (exact) mass is 268 g/mol. The van der Waals surface area contributed by atoms with Gasteiger partial charge in [-0.05, 0) is 48.9 Å². The average molecular weight is 268 g/mol. The van der Waals surface area contributed by atoms with E-state index < -0.39 is 0 Å². The Balaban J connectivity index is 2.40. The van der Waals surface area contributed by atoms with Crippen LogP contribution in [0.5, 0.6) is 5.75 Å². The van der Waals surface area contributed by atoms with Gasteiger partial charge in [-0.1, -0.05) is 12.1 Å². The molecule has 0 aliphatic rings. The molecule has 0 fully saturated rings. The van der Waals surface area contributed by atoms with Crippen molar-refractivity contribution in [3.05, 3.63) is 59.7 Å². The van der Waals surface area contributed by atoms with E-state index in [4.69, 9.17) is 9.73 Å². The van der Waals surface area contributed by atoms with Gasteiger partial charge in [0.05, 0.1) is 12.8 Å². The summed E-state index contributed by atoms with van der Waals surface area (Å²) in [7, 11) is 5.67. The first-order valence-corrected chi connectivity index (χ1v) is 6.57. The molecule has 2 aromatic carbocycles. The third-order valence-electron chi connectivity index (χ3n) is 3.01. The lowest BCUT2D eigenvalue weighted by Crippen LogP contribution is -2.22. The zero-order valence-corrected chi connectivity index (χ0v) is 12.4. The Kier molecular flexibility index (Phi) is 4.41. The highest BCUT2D eigenvalue weighted by molar-refractivity contribution is 6.00. The maximum Gasteiger partial charge on any atom is 0.136 e. The predicted molar refractivity (Wildman–Crippen MR) is 84.1 cm³/mol. The third kappa shape index (κ3) is 3.38. The minimum absolute atomic E-state index is 0.849. The van der Waals surface area contributed by atoms with Crippen LogP contribution in [0.15, 0.2) is 53.5 Å². The molecule has 0 heterocycles. The van der Waals surface area contributed by atoms with Crippen LogP contribution < -0.4 is 4.74 Å². The Morgan fingerprint density at radius 3 is 2.30 bits per heavy atom. The number of aliphatic imine (C=N–C) groups is 1. The topological polar surface area (TPSA) is 24.8 Å². The summed E-state index contributed by atoms with van der Waals surface area (Å²) in [6.45, 7) is 2.07. The van der Waals surface area contributed by atoms with E-state index in [2.05, 4.69) is 19.1 Å². The number of amidine groups is 1. The largest absolute Gasteiger partial charge is 0.497 e. The number of rotatable bonds is 3. The van der Waals surface area contributed by atoms with Crippen LogP contribution in [0.2, 0.25) is 0 Å². The van der Waals surface area contributed by atoms with Crippen molar-refractivity contribution in [2.75, 3.05) is 21.2 Å². The lowest BCUT2D eigenvalue weighted by molar-refractivity contribution is 0.414. The predicted octanol–water partition coefficient (Wildman–Crippen LogP) is 3.64. The lowest BCUT2D eigenvalue weighted by Gasteiger charge is -2.16. The number of benzene rings is 2. The first kappa shape index (κ1) is 14.1. The molecule has 0 aromatic heterocycles. The lowest BCUT2D eigenvalue weighted by atomic mass is 10.1. The van der Waals surface area contributed by atoms with Gasteiger partial charge in [-0.2, -0.15) is 0 Å². The zero-order chi connectivity index (χ0) is 14.5. The first-order valence-electron chi connectivity index (χ1n) is 6.57. The van der Waals surface area contributed by atoms with Gasteiger partial charge in [0, 0.05) is 19.7 Å². The number of methoxy groups -OCH3 is 1. The summed E-state index contributed by atoms with van der Waals surface area (Å²) in [4.78, 5) is 6.76. The van der Waals surface area contributed by atoms with Gasteiger partial charge >= 0.3 is 0 Å². The number of aryl methyl sites for hydroxylation is 1. The van der Waals surface area contributed by atoms with Crippen LogP contribution >= 0.6 is 0 Å². The molecule has 0 N–H and O–H groups in total. The molecule has 0 saturated carbocycles. The average Bonchev–Trinajstić information content (AvgIpc) is 2.45. The van der Waals surface area contributed by atoms with Crippen molar-refractivity contribution in [1.82, 2.24) is 4.90 Å². The molecule has 0 unspecified atom stereocenters. The molecule has 0 saturated heterocycles. The quantitative estimate of drug-likeness (QED) is 0.627. The van der Waals surface area contributed by atoms with Gasteiger partial charge in [0.1, 0.15) is 11.6 Å². The van der Waals surface area contributed by atoms with Crippen LogP contribution in [0.3, 0.4) is 0 Å². The minimum Gasteiger partial charge on any atom is -0.497 e. The summed E-state index contributed by atoms with van der Waals surface area (Å²) in [5, 5.41) is 0. The third-order valence-corrected chi connectivity index (χ3v) is 3.01. The molecule has 0 atom stereocenters. The summed E-state index contributed by atoms with van der Waals surface area (Å²) in [5.74, 6) is 1.78. The molecule has 3 heteroatoms. The molecular weight excluding hydrogens is 248 g/mol. The second-order valence-electron chi connectivity index (χ2n) is 4.90. The van der Waals surface area contributed by atoms with Crippen molar-refractivity contribution in [1.29, 1.82) is 0 Å². The van der Waals surface area contributed by atoms with E-state index in [1.165, 1.54) is 5.56 Å². The first-order chi connectivity index (χ1) is 9.60. The van der Waals surface area contributed by atoms with Gasteiger partial charge in [-0.25, -0.2) is 4.99 Å². The van der Waals surface area contributed by atoms with Gasteiger partial charge in [0.15, 0.2) is 0 Å². The Labute approximate surface area is 120 Å². The molecule has 3 nitrogen and oxygen atoms in total. The van der Waals surface area contributed by atoms with Crippen LogP contribution in [-0.4, -0.2) is 31.9 Å². The minimum atomic E-state index is 0.849. The van der Waals surface area contributed by atoms with E-state index >= 15 is 0 Å².